The van der Waals surface area contributed by atoms with Gasteiger partial charge in [-0.2, -0.15) is 0 Å². The highest BCUT2D eigenvalue weighted by Gasteiger charge is 2.32. The maximum atomic E-state index is 12.1. The van der Waals surface area contributed by atoms with Crippen molar-refractivity contribution >= 4 is 22.8 Å². The molecule has 0 spiro atoms. The van der Waals surface area contributed by atoms with Crippen molar-refractivity contribution in [2.24, 2.45) is 7.05 Å². The van der Waals surface area contributed by atoms with Crippen LogP contribution in [0.4, 0.5) is 0 Å². The lowest BCUT2D eigenvalue weighted by atomic mass is 10.1. The van der Waals surface area contributed by atoms with Gasteiger partial charge in [-0.3, -0.25) is 0 Å². The molecule has 1 atom stereocenters. The summed E-state index contributed by atoms with van der Waals surface area (Å²) in [5.41, 5.74) is 1.53. The Kier molecular flexibility index (Phi) is 4.28. The lowest BCUT2D eigenvalue weighted by Crippen LogP contribution is -2.21. The van der Waals surface area contributed by atoms with Crippen molar-refractivity contribution in [3.8, 4) is 0 Å². The molecule has 0 N–H and O–H groups in total. The molecule has 112 valence electrons. The van der Waals surface area contributed by atoms with Crippen molar-refractivity contribution in [2.45, 2.75) is 6.10 Å². The van der Waals surface area contributed by atoms with Gasteiger partial charge in [0.15, 0.2) is 6.10 Å². The fourth-order valence-corrected chi connectivity index (χ4v) is 2.46. The molecule has 0 aliphatic rings. The van der Waals surface area contributed by atoms with Crippen LogP contribution in [0.2, 0.25) is 0 Å². The summed E-state index contributed by atoms with van der Waals surface area (Å²) in [6.07, 6.45) is -0.999. The molecule has 1 heterocycles. The number of rotatable bonds is 4. The summed E-state index contributed by atoms with van der Waals surface area (Å²) in [6.45, 7) is 0. The van der Waals surface area contributed by atoms with Crippen LogP contribution in [0.25, 0.3) is 10.9 Å². The number of fused-ring (bicyclic) bond motifs is 1. The Balaban J connectivity index is 2.80. The number of ether oxygens (including phenoxy) is 3. The predicted molar refractivity (Wildman–Crippen MR) is 76.0 cm³/mol. The maximum absolute atomic E-state index is 12.1. The fourth-order valence-electron chi connectivity index (χ4n) is 2.46. The number of aryl methyl sites for hydroxylation is 1. The first kappa shape index (κ1) is 15.1. The number of methoxy groups -OCH3 is 3. The summed E-state index contributed by atoms with van der Waals surface area (Å²) in [4.78, 5) is 24.1. The van der Waals surface area contributed by atoms with Gasteiger partial charge < -0.3 is 18.8 Å². The van der Waals surface area contributed by atoms with E-state index in [0.29, 0.717) is 16.6 Å². The van der Waals surface area contributed by atoms with E-state index in [2.05, 4.69) is 0 Å². The number of benzene rings is 1. The van der Waals surface area contributed by atoms with Crippen LogP contribution in [0.1, 0.15) is 22.2 Å². The molecule has 21 heavy (non-hydrogen) atoms. The number of carbonyl (C=O) groups is 2. The fraction of sp³-hybridized carbons (Fsp3) is 0.333. The monoisotopic (exact) mass is 291 g/mol. The third-order valence-electron chi connectivity index (χ3n) is 3.44. The third kappa shape index (κ3) is 2.38. The highest BCUT2D eigenvalue weighted by Crippen LogP contribution is 2.32. The summed E-state index contributed by atoms with van der Waals surface area (Å²) >= 11 is 0. The van der Waals surface area contributed by atoms with Crippen molar-refractivity contribution in [1.82, 2.24) is 4.57 Å². The lowest BCUT2D eigenvalue weighted by Gasteiger charge is -2.15. The Morgan fingerprint density at radius 2 is 1.76 bits per heavy atom. The molecule has 0 amide bonds. The summed E-state index contributed by atoms with van der Waals surface area (Å²) < 4.78 is 16.6. The van der Waals surface area contributed by atoms with Gasteiger partial charge in [0.1, 0.15) is 0 Å². The lowest BCUT2D eigenvalue weighted by molar-refractivity contribution is -0.153. The first-order valence-corrected chi connectivity index (χ1v) is 6.33. The van der Waals surface area contributed by atoms with Crippen LogP contribution < -0.4 is 0 Å². The molecule has 2 rings (SSSR count). The van der Waals surface area contributed by atoms with Crippen LogP contribution in [0.5, 0.6) is 0 Å². The number of hydrogen-bond acceptors (Lipinski definition) is 5. The number of nitrogens with zero attached hydrogens (tertiary/aromatic N) is 1. The van der Waals surface area contributed by atoms with Crippen LogP contribution in [-0.4, -0.2) is 37.8 Å². The van der Waals surface area contributed by atoms with E-state index < -0.39 is 18.0 Å². The van der Waals surface area contributed by atoms with Crippen molar-refractivity contribution < 1.29 is 23.8 Å². The van der Waals surface area contributed by atoms with E-state index in [1.54, 1.807) is 17.7 Å². The van der Waals surface area contributed by atoms with Crippen LogP contribution in [-0.2, 0) is 26.1 Å². The molecule has 0 saturated heterocycles. The molecule has 0 saturated carbocycles. The van der Waals surface area contributed by atoms with E-state index in [1.807, 2.05) is 18.2 Å². The zero-order valence-corrected chi connectivity index (χ0v) is 12.4. The van der Waals surface area contributed by atoms with E-state index in [9.17, 15) is 9.59 Å². The number of para-hydroxylation sites is 1. The molecule has 0 bridgehead atoms. The average molecular weight is 291 g/mol. The standard InChI is InChI=1S/C15H17NO5/c1-16-10-8-6-5-7-9(10)11(14(17)20-3)12(16)13(19-2)15(18)21-4/h5-8,13H,1-4H3. The molecule has 1 unspecified atom stereocenters. The van der Waals surface area contributed by atoms with Gasteiger partial charge in [-0.15, -0.1) is 0 Å². The van der Waals surface area contributed by atoms with E-state index in [4.69, 9.17) is 14.2 Å². The van der Waals surface area contributed by atoms with Crippen LogP contribution in [0.3, 0.4) is 0 Å². The Morgan fingerprint density at radius 1 is 1.10 bits per heavy atom. The normalized spacial score (nSPS) is 12.2. The van der Waals surface area contributed by atoms with Gasteiger partial charge in [0.05, 0.1) is 25.5 Å². The molecule has 0 fully saturated rings. The Labute approximate surface area is 122 Å². The molecule has 2 aromatic rings. The zero-order chi connectivity index (χ0) is 15.6. The van der Waals surface area contributed by atoms with Crippen molar-refractivity contribution in [2.75, 3.05) is 21.3 Å². The topological polar surface area (TPSA) is 66.8 Å². The van der Waals surface area contributed by atoms with Gasteiger partial charge in [0.25, 0.3) is 0 Å². The SMILES string of the molecule is COC(=O)c1c(C(OC)C(=O)OC)n(C)c2ccccc12. The van der Waals surface area contributed by atoms with Gasteiger partial charge in [-0.25, -0.2) is 9.59 Å². The summed E-state index contributed by atoms with van der Waals surface area (Å²) in [5, 5.41) is 0.702. The second kappa shape index (κ2) is 5.97. The highest BCUT2D eigenvalue weighted by atomic mass is 16.6. The molecular formula is C15H17NO5. The Morgan fingerprint density at radius 3 is 2.33 bits per heavy atom. The molecule has 0 radical (unpaired) electrons. The number of carbonyl (C=O) groups excluding carboxylic acids is 2. The summed E-state index contributed by atoms with van der Waals surface area (Å²) in [5.74, 6) is -1.10. The smallest absolute Gasteiger partial charge is 0.341 e. The molecule has 6 heteroatoms. The third-order valence-corrected chi connectivity index (χ3v) is 3.44. The van der Waals surface area contributed by atoms with Gasteiger partial charge in [-0.05, 0) is 6.07 Å². The molecule has 0 aliphatic carbocycles. The maximum Gasteiger partial charge on any atom is 0.341 e. The van der Waals surface area contributed by atoms with Crippen molar-refractivity contribution in [1.29, 1.82) is 0 Å². The second-order valence-electron chi connectivity index (χ2n) is 4.47. The largest absolute Gasteiger partial charge is 0.467 e. The zero-order valence-electron chi connectivity index (χ0n) is 12.4. The van der Waals surface area contributed by atoms with Crippen LogP contribution in [0.15, 0.2) is 24.3 Å². The van der Waals surface area contributed by atoms with Crippen molar-refractivity contribution in [3.63, 3.8) is 0 Å². The number of esters is 2. The molecule has 0 aliphatic heterocycles. The van der Waals surface area contributed by atoms with Crippen molar-refractivity contribution in [3.05, 3.63) is 35.5 Å². The second-order valence-corrected chi connectivity index (χ2v) is 4.47. The molecule has 1 aromatic carbocycles. The van der Waals surface area contributed by atoms with Gasteiger partial charge in [0, 0.05) is 25.1 Å². The Hall–Kier alpha value is -2.34. The minimum Gasteiger partial charge on any atom is -0.467 e. The van der Waals surface area contributed by atoms with E-state index in [1.165, 1.54) is 21.3 Å². The van der Waals surface area contributed by atoms with E-state index in [-0.39, 0.29) is 0 Å². The summed E-state index contributed by atoms with van der Waals surface area (Å²) in [7, 11) is 5.72. The van der Waals surface area contributed by atoms with Gasteiger partial charge >= 0.3 is 11.9 Å². The Bertz CT molecular complexity index is 689. The minimum atomic E-state index is -0.999. The van der Waals surface area contributed by atoms with Gasteiger partial charge in [0.2, 0.25) is 0 Å². The van der Waals surface area contributed by atoms with Crippen LogP contribution >= 0.6 is 0 Å². The van der Waals surface area contributed by atoms with Crippen LogP contribution in [0, 0.1) is 0 Å². The van der Waals surface area contributed by atoms with E-state index in [0.717, 1.165) is 5.52 Å². The first-order chi connectivity index (χ1) is 10.1. The molecular weight excluding hydrogens is 274 g/mol. The summed E-state index contributed by atoms with van der Waals surface area (Å²) in [6, 6.07) is 7.33. The first-order valence-electron chi connectivity index (χ1n) is 6.33. The highest BCUT2D eigenvalue weighted by molar-refractivity contribution is 6.07. The predicted octanol–water partition coefficient (Wildman–Crippen LogP) is 1.83. The van der Waals surface area contributed by atoms with Gasteiger partial charge in [-0.1, -0.05) is 18.2 Å². The molecule has 6 nitrogen and oxygen atoms in total. The number of hydrogen-bond donors (Lipinski definition) is 0. The minimum absolute atomic E-state index is 0.313. The average Bonchev–Trinajstić information content (AvgIpc) is 2.81. The van der Waals surface area contributed by atoms with E-state index >= 15 is 0 Å². The quantitative estimate of drug-likeness (QED) is 0.804. The molecule has 1 aromatic heterocycles. The number of aromatic nitrogens is 1.